The van der Waals surface area contributed by atoms with E-state index in [0.717, 1.165) is 24.8 Å². The lowest BCUT2D eigenvalue weighted by atomic mass is 9.81. The first-order valence-corrected chi connectivity index (χ1v) is 10.4. The zero-order valence-corrected chi connectivity index (χ0v) is 15.9. The Morgan fingerprint density at radius 3 is 2.42 bits per heavy atom. The van der Waals surface area contributed by atoms with Crippen LogP contribution in [-0.4, -0.2) is 25.8 Å². The second kappa shape index (κ2) is 4.95. The Hall–Kier alpha value is -1.13. The van der Waals surface area contributed by atoms with Gasteiger partial charge in [0.25, 0.3) is 0 Å². The SMILES string of the molecule is CC1=C(C)CC23CN(S(=O)(=O)c4ccc(C)cc4)CCC2(C)C3C1. The molecule has 3 nitrogen and oxygen atoms in total. The fourth-order valence-electron chi connectivity index (χ4n) is 5.39. The molecule has 3 unspecified atom stereocenters. The highest BCUT2D eigenvalue weighted by Crippen LogP contribution is 2.78. The minimum Gasteiger partial charge on any atom is -0.207 e. The summed E-state index contributed by atoms with van der Waals surface area (Å²) in [5, 5.41) is 0. The molecule has 4 heteroatoms. The Bertz CT molecular complexity index is 824. The monoisotopic (exact) mass is 345 g/mol. The molecule has 3 aliphatic rings. The molecule has 4 rings (SSSR count). The van der Waals surface area contributed by atoms with Crippen molar-refractivity contribution < 1.29 is 8.42 Å². The number of piperidine rings is 1. The van der Waals surface area contributed by atoms with E-state index in [1.165, 1.54) is 11.1 Å². The molecule has 1 spiro atoms. The van der Waals surface area contributed by atoms with E-state index in [4.69, 9.17) is 0 Å². The molecule has 24 heavy (non-hydrogen) atoms. The summed E-state index contributed by atoms with van der Waals surface area (Å²) in [6.45, 7) is 10.2. The number of aryl methyl sites for hydroxylation is 1. The van der Waals surface area contributed by atoms with Crippen LogP contribution in [-0.2, 0) is 10.0 Å². The van der Waals surface area contributed by atoms with Gasteiger partial charge in [-0.15, -0.1) is 0 Å². The first kappa shape index (κ1) is 16.3. The highest BCUT2D eigenvalue weighted by atomic mass is 32.2. The molecule has 1 saturated carbocycles. The highest BCUT2D eigenvalue weighted by Gasteiger charge is 2.75. The summed E-state index contributed by atoms with van der Waals surface area (Å²) >= 11 is 0. The smallest absolute Gasteiger partial charge is 0.207 e. The molecule has 0 bridgehead atoms. The molecule has 1 aromatic rings. The van der Waals surface area contributed by atoms with Gasteiger partial charge in [-0.1, -0.05) is 35.8 Å². The van der Waals surface area contributed by atoms with Crippen LogP contribution in [0.5, 0.6) is 0 Å². The topological polar surface area (TPSA) is 37.4 Å². The van der Waals surface area contributed by atoms with Gasteiger partial charge < -0.3 is 0 Å². The van der Waals surface area contributed by atoms with Crippen molar-refractivity contribution in [3.63, 3.8) is 0 Å². The van der Waals surface area contributed by atoms with Crippen LogP contribution in [0.3, 0.4) is 0 Å². The average Bonchev–Trinajstić information content (AvgIpc) is 3.06. The van der Waals surface area contributed by atoms with Gasteiger partial charge in [0.15, 0.2) is 0 Å². The predicted octanol–water partition coefficient (Wildman–Crippen LogP) is 4.14. The summed E-state index contributed by atoms with van der Waals surface area (Å²) < 4.78 is 28.0. The van der Waals surface area contributed by atoms with Crippen molar-refractivity contribution in [3.8, 4) is 0 Å². The normalized spacial score (nSPS) is 36.2. The predicted molar refractivity (Wildman–Crippen MR) is 96.2 cm³/mol. The van der Waals surface area contributed by atoms with Crippen molar-refractivity contribution in [1.29, 1.82) is 0 Å². The molecule has 0 radical (unpaired) electrons. The van der Waals surface area contributed by atoms with Crippen LogP contribution in [0.1, 0.15) is 45.6 Å². The fourth-order valence-corrected chi connectivity index (χ4v) is 6.90. The maximum absolute atomic E-state index is 13.1. The molecule has 1 heterocycles. The quantitative estimate of drug-likeness (QED) is 0.755. The zero-order chi connectivity index (χ0) is 17.3. The third-order valence-electron chi connectivity index (χ3n) is 7.31. The summed E-state index contributed by atoms with van der Waals surface area (Å²) in [4.78, 5) is 0.435. The number of hydrogen-bond donors (Lipinski definition) is 0. The number of benzene rings is 1. The fraction of sp³-hybridized carbons (Fsp3) is 0.600. The third-order valence-corrected chi connectivity index (χ3v) is 9.17. The Morgan fingerprint density at radius 2 is 1.75 bits per heavy atom. The maximum Gasteiger partial charge on any atom is 0.243 e. The number of sulfonamides is 1. The summed E-state index contributed by atoms with van der Waals surface area (Å²) in [7, 11) is -3.38. The van der Waals surface area contributed by atoms with Gasteiger partial charge in [-0.05, 0) is 68.9 Å². The number of fused-ring (bicyclic) bond motifs is 1. The summed E-state index contributed by atoms with van der Waals surface area (Å²) in [6, 6.07) is 7.26. The van der Waals surface area contributed by atoms with Crippen molar-refractivity contribution in [2.24, 2.45) is 16.7 Å². The number of nitrogens with zero attached hydrogens (tertiary/aromatic N) is 1. The molecular weight excluding hydrogens is 318 g/mol. The minimum absolute atomic E-state index is 0.173. The van der Waals surface area contributed by atoms with E-state index in [2.05, 4.69) is 20.8 Å². The Kier molecular flexibility index (Phi) is 3.37. The first-order valence-electron chi connectivity index (χ1n) is 8.93. The molecule has 3 atom stereocenters. The number of rotatable bonds is 2. The van der Waals surface area contributed by atoms with E-state index in [-0.39, 0.29) is 5.41 Å². The van der Waals surface area contributed by atoms with E-state index in [1.807, 2.05) is 19.1 Å². The van der Waals surface area contributed by atoms with Crippen LogP contribution < -0.4 is 0 Å². The molecule has 1 aromatic carbocycles. The van der Waals surface area contributed by atoms with Crippen molar-refractivity contribution in [3.05, 3.63) is 41.0 Å². The summed E-state index contributed by atoms with van der Waals surface area (Å²) in [5.74, 6) is 0.659. The molecule has 0 N–H and O–H groups in total. The lowest BCUT2D eigenvalue weighted by Crippen LogP contribution is -2.43. The summed E-state index contributed by atoms with van der Waals surface area (Å²) in [5.41, 5.74) is 4.58. The van der Waals surface area contributed by atoms with Crippen LogP contribution in [0.2, 0.25) is 0 Å². The molecule has 1 saturated heterocycles. The van der Waals surface area contributed by atoms with Crippen molar-refractivity contribution in [1.82, 2.24) is 4.31 Å². The molecule has 2 fully saturated rings. The average molecular weight is 346 g/mol. The van der Waals surface area contributed by atoms with Gasteiger partial charge >= 0.3 is 0 Å². The van der Waals surface area contributed by atoms with Gasteiger partial charge in [0.1, 0.15) is 0 Å². The van der Waals surface area contributed by atoms with Crippen LogP contribution in [0.25, 0.3) is 0 Å². The maximum atomic E-state index is 13.1. The van der Waals surface area contributed by atoms with Crippen LogP contribution in [0.15, 0.2) is 40.3 Å². The summed E-state index contributed by atoms with van der Waals surface area (Å²) in [6.07, 6.45) is 3.21. The van der Waals surface area contributed by atoms with Crippen molar-refractivity contribution in [2.45, 2.75) is 51.9 Å². The van der Waals surface area contributed by atoms with Crippen LogP contribution >= 0.6 is 0 Å². The second-order valence-corrected chi connectivity index (χ2v) is 10.4. The van der Waals surface area contributed by atoms with E-state index in [1.54, 1.807) is 16.4 Å². The van der Waals surface area contributed by atoms with Gasteiger partial charge in [0.2, 0.25) is 10.0 Å². The Morgan fingerprint density at radius 1 is 1.08 bits per heavy atom. The largest absolute Gasteiger partial charge is 0.243 e. The van der Waals surface area contributed by atoms with Gasteiger partial charge in [0, 0.05) is 13.1 Å². The Labute approximate surface area is 145 Å². The Balaban J connectivity index is 1.65. The molecule has 2 aliphatic carbocycles. The van der Waals surface area contributed by atoms with Crippen LogP contribution in [0, 0.1) is 23.7 Å². The van der Waals surface area contributed by atoms with E-state index < -0.39 is 10.0 Å². The first-order chi connectivity index (χ1) is 11.2. The van der Waals surface area contributed by atoms with E-state index in [9.17, 15) is 8.42 Å². The van der Waals surface area contributed by atoms with Gasteiger partial charge in [0.05, 0.1) is 4.90 Å². The van der Waals surface area contributed by atoms with Crippen LogP contribution in [0.4, 0.5) is 0 Å². The molecule has 1 aliphatic heterocycles. The van der Waals surface area contributed by atoms with Gasteiger partial charge in [-0.25, -0.2) is 8.42 Å². The van der Waals surface area contributed by atoms with Crippen molar-refractivity contribution >= 4 is 10.0 Å². The lowest BCUT2D eigenvalue weighted by molar-refractivity contribution is 0.194. The minimum atomic E-state index is -3.38. The highest BCUT2D eigenvalue weighted by molar-refractivity contribution is 7.89. The van der Waals surface area contributed by atoms with Crippen molar-refractivity contribution in [2.75, 3.05) is 13.1 Å². The zero-order valence-electron chi connectivity index (χ0n) is 15.1. The molecular formula is C20H27NO2S. The van der Waals surface area contributed by atoms with Gasteiger partial charge in [-0.3, -0.25) is 0 Å². The van der Waals surface area contributed by atoms with E-state index in [0.29, 0.717) is 29.3 Å². The number of hydrogen-bond acceptors (Lipinski definition) is 2. The second-order valence-electron chi connectivity index (χ2n) is 8.47. The number of allylic oxidation sites excluding steroid dienone is 2. The lowest BCUT2D eigenvalue weighted by Gasteiger charge is -2.36. The third kappa shape index (κ3) is 2.02. The molecule has 130 valence electrons. The standard InChI is InChI=1S/C20H27NO2S/c1-14-5-7-17(8-6-14)24(22,23)21-10-9-19(4)18-11-15(2)16(3)12-20(18,19)13-21/h5-8,18H,9-13H2,1-4H3. The van der Waals surface area contributed by atoms with Gasteiger partial charge in [-0.2, -0.15) is 4.31 Å². The molecule has 0 amide bonds. The van der Waals surface area contributed by atoms with E-state index >= 15 is 0 Å². The molecule has 0 aromatic heterocycles.